The molecule has 0 radical (unpaired) electrons. The van der Waals surface area contributed by atoms with Crippen LogP contribution < -0.4 is 14.2 Å². The number of hydrogen-bond donors (Lipinski definition) is 2. The van der Waals surface area contributed by atoms with Gasteiger partial charge in [0.25, 0.3) is 20.0 Å². The van der Waals surface area contributed by atoms with E-state index in [1.165, 1.54) is 72.5 Å². The Morgan fingerprint density at radius 2 is 1.88 bits per heavy atom. The highest BCUT2D eigenvalue weighted by atomic mass is 32.2. The van der Waals surface area contributed by atoms with Crippen LogP contribution >= 0.6 is 0 Å². The number of hydrogen-bond acceptors (Lipinski definition) is 9. The number of benzene rings is 2. The van der Waals surface area contributed by atoms with Gasteiger partial charge >= 0.3 is 0 Å². The number of likely N-dealkylation sites (N-methyl/N-ethyl adjacent to an activating group) is 1. The minimum atomic E-state index is -3.96. The van der Waals surface area contributed by atoms with E-state index in [1.807, 2.05) is 6.92 Å². The zero-order valence-electron chi connectivity index (χ0n) is 24.7. The number of imidazole rings is 1. The van der Waals surface area contributed by atoms with E-state index in [1.54, 1.807) is 20.0 Å². The molecule has 15 heteroatoms. The smallest absolute Gasteiger partial charge is 0.261 e. The monoisotopic (exact) mass is 635 g/mol. The highest BCUT2D eigenvalue weighted by molar-refractivity contribution is 7.92. The first kappa shape index (κ1) is 32.3. The maximum Gasteiger partial charge on any atom is 0.261 e. The predicted molar refractivity (Wildman–Crippen MR) is 159 cm³/mol. The molecule has 3 atom stereocenters. The van der Waals surface area contributed by atoms with Crippen LogP contribution in [-0.4, -0.2) is 92.6 Å². The number of methoxy groups -OCH3 is 1. The second-order valence-corrected chi connectivity index (χ2v) is 14.3. The fraction of sp³-hybridized carbons (Fsp3) is 0.429. The number of aryl methyl sites for hydroxylation is 1. The molecular weight excluding hydrogens is 598 g/mol. The molecule has 1 aromatic heterocycles. The fourth-order valence-corrected chi connectivity index (χ4v) is 6.90. The molecule has 1 aliphatic heterocycles. The number of carbonyl (C=O) groups excluding carboxylic acids is 1. The quantitative estimate of drug-likeness (QED) is 0.338. The predicted octanol–water partition coefficient (Wildman–Crippen LogP) is 1.70. The standard InChI is InChI=1S/C28H37N5O8S2/c1-19-14-33(20(2)17-34)28(35)13-21-12-22(30-42(36,37)24-9-7-23(40-5)8-10-24)6-11-25(21)41-26(19)15-32(4)43(38,39)27-16-31(3)18-29-27/h6-12,16,18-20,26,30,34H,13-15,17H2,1-5H3/t19-,20+,26+/m0/s1. The Balaban J connectivity index is 1.67. The lowest BCUT2D eigenvalue weighted by Gasteiger charge is -2.33. The molecule has 1 aliphatic rings. The van der Waals surface area contributed by atoms with E-state index in [9.17, 15) is 26.7 Å². The number of aliphatic hydroxyl groups excluding tert-OH is 1. The van der Waals surface area contributed by atoms with Crippen molar-refractivity contribution in [1.29, 1.82) is 0 Å². The van der Waals surface area contributed by atoms with Gasteiger partial charge in [0.15, 0.2) is 5.03 Å². The SMILES string of the molecule is COc1ccc(S(=O)(=O)Nc2ccc3c(c2)CC(=O)N([C@H](C)CO)C[C@H](C)[C@@H](CN(C)S(=O)(=O)c2cn(C)cn2)O3)cc1. The van der Waals surface area contributed by atoms with Crippen molar-refractivity contribution in [3.05, 3.63) is 60.6 Å². The van der Waals surface area contributed by atoms with Gasteiger partial charge in [-0.1, -0.05) is 6.92 Å². The summed E-state index contributed by atoms with van der Waals surface area (Å²) in [5, 5.41) is 9.77. The number of aliphatic hydroxyl groups is 1. The Morgan fingerprint density at radius 3 is 2.49 bits per heavy atom. The maximum absolute atomic E-state index is 13.5. The van der Waals surface area contributed by atoms with Gasteiger partial charge in [0.2, 0.25) is 5.91 Å². The average Bonchev–Trinajstić information content (AvgIpc) is 3.43. The molecular formula is C28H37N5O8S2. The van der Waals surface area contributed by atoms with Crippen LogP contribution in [0.25, 0.3) is 0 Å². The van der Waals surface area contributed by atoms with Crippen molar-refractivity contribution in [2.45, 2.75) is 42.3 Å². The Hall–Kier alpha value is -3.66. The first-order chi connectivity index (χ1) is 20.2. The third-order valence-electron chi connectivity index (χ3n) is 7.33. The molecule has 3 aromatic rings. The van der Waals surface area contributed by atoms with Gasteiger partial charge in [-0.2, -0.15) is 4.31 Å². The van der Waals surface area contributed by atoms with Crippen molar-refractivity contribution in [2.75, 3.05) is 38.6 Å². The molecule has 0 bridgehead atoms. The number of fused-ring (bicyclic) bond motifs is 1. The molecule has 0 saturated carbocycles. The Morgan fingerprint density at radius 1 is 1.19 bits per heavy atom. The van der Waals surface area contributed by atoms with Crippen LogP contribution in [0.1, 0.15) is 19.4 Å². The molecule has 43 heavy (non-hydrogen) atoms. The lowest BCUT2D eigenvalue weighted by Crippen LogP contribution is -2.48. The zero-order valence-corrected chi connectivity index (χ0v) is 26.3. The fourth-order valence-electron chi connectivity index (χ4n) is 4.71. The van der Waals surface area contributed by atoms with Crippen LogP contribution in [0.3, 0.4) is 0 Å². The van der Waals surface area contributed by atoms with Gasteiger partial charge in [-0.05, 0) is 49.4 Å². The summed E-state index contributed by atoms with van der Waals surface area (Å²) in [6.45, 7) is 3.44. The van der Waals surface area contributed by atoms with Crippen molar-refractivity contribution in [3.63, 3.8) is 0 Å². The third-order valence-corrected chi connectivity index (χ3v) is 10.4. The molecule has 0 fully saturated rings. The van der Waals surface area contributed by atoms with Crippen LogP contribution in [0.15, 0.2) is 64.9 Å². The van der Waals surface area contributed by atoms with Crippen molar-refractivity contribution < 1.29 is 36.2 Å². The molecule has 0 aliphatic carbocycles. The summed E-state index contributed by atoms with van der Waals surface area (Å²) in [6.07, 6.45) is 1.98. The maximum atomic E-state index is 13.5. The molecule has 1 amide bonds. The Labute approximate surface area is 252 Å². The number of aromatic nitrogens is 2. The number of nitrogens with one attached hydrogen (secondary N) is 1. The van der Waals surface area contributed by atoms with Crippen LogP contribution in [0, 0.1) is 5.92 Å². The summed E-state index contributed by atoms with van der Waals surface area (Å²) in [7, 11) is -3.31. The number of rotatable bonds is 10. The highest BCUT2D eigenvalue weighted by Gasteiger charge is 2.34. The zero-order chi connectivity index (χ0) is 31.5. The molecule has 0 saturated heterocycles. The van der Waals surface area contributed by atoms with Crippen molar-refractivity contribution in [2.24, 2.45) is 13.0 Å². The van der Waals surface area contributed by atoms with Gasteiger partial charge in [0.1, 0.15) is 17.6 Å². The lowest BCUT2D eigenvalue weighted by atomic mass is 10.0. The molecule has 2 aromatic carbocycles. The van der Waals surface area contributed by atoms with Gasteiger partial charge < -0.3 is 24.0 Å². The van der Waals surface area contributed by atoms with Gasteiger partial charge in [-0.15, -0.1) is 0 Å². The molecule has 0 unspecified atom stereocenters. The van der Waals surface area contributed by atoms with E-state index in [-0.39, 0.29) is 53.6 Å². The highest BCUT2D eigenvalue weighted by Crippen LogP contribution is 2.31. The summed E-state index contributed by atoms with van der Waals surface area (Å²) in [4.78, 5) is 19.0. The van der Waals surface area contributed by atoms with E-state index in [0.717, 1.165) is 4.31 Å². The molecule has 0 spiro atoms. The number of amides is 1. The lowest BCUT2D eigenvalue weighted by molar-refractivity contribution is -0.134. The molecule has 2 N–H and O–H groups in total. The third kappa shape index (κ3) is 7.29. The van der Waals surface area contributed by atoms with Crippen molar-refractivity contribution in [3.8, 4) is 11.5 Å². The number of anilines is 1. The van der Waals surface area contributed by atoms with E-state index < -0.39 is 32.2 Å². The molecule has 4 rings (SSSR count). The minimum Gasteiger partial charge on any atom is -0.497 e. The Bertz CT molecular complexity index is 1660. The number of ether oxygens (including phenoxy) is 2. The van der Waals surface area contributed by atoms with Gasteiger partial charge in [0, 0.05) is 44.0 Å². The van der Waals surface area contributed by atoms with Crippen molar-refractivity contribution >= 4 is 31.6 Å². The number of sulfonamides is 2. The van der Waals surface area contributed by atoms with Crippen LogP contribution in [-0.2, 0) is 38.3 Å². The van der Waals surface area contributed by atoms with E-state index in [4.69, 9.17) is 9.47 Å². The van der Waals surface area contributed by atoms with Gasteiger partial charge in [-0.25, -0.2) is 21.8 Å². The summed E-state index contributed by atoms with van der Waals surface area (Å²) in [6, 6.07) is 10.0. The van der Waals surface area contributed by atoms with E-state index in [0.29, 0.717) is 17.1 Å². The summed E-state index contributed by atoms with van der Waals surface area (Å²) >= 11 is 0. The molecule has 13 nitrogen and oxygen atoms in total. The van der Waals surface area contributed by atoms with E-state index in [2.05, 4.69) is 9.71 Å². The first-order valence-electron chi connectivity index (χ1n) is 13.6. The molecule has 234 valence electrons. The number of carbonyl (C=O) groups is 1. The summed E-state index contributed by atoms with van der Waals surface area (Å²) in [5.74, 6) is 0.192. The average molecular weight is 636 g/mol. The van der Waals surface area contributed by atoms with Crippen LogP contribution in [0.5, 0.6) is 11.5 Å². The van der Waals surface area contributed by atoms with Crippen LogP contribution in [0.4, 0.5) is 5.69 Å². The van der Waals surface area contributed by atoms with E-state index >= 15 is 0 Å². The van der Waals surface area contributed by atoms with Gasteiger partial charge in [-0.3, -0.25) is 9.52 Å². The summed E-state index contributed by atoms with van der Waals surface area (Å²) < 4.78 is 69.3. The second-order valence-electron chi connectivity index (χ2n) is 10.7. The second kappa shape index (κ2) is 12.9. The first-order valence-corrected chi connectivity index (χ1v) is 16.5. The largest absolute Gasteiger partial charge is 0.497 e. The van der Waals surface area contributed by atoms with Crippen LogP contribution in [0.2, 0.25) is 0 Å². The normalized spacial score (nSPS) is 18.7. The Kier molecular flexibility index (Phi) is 9.69. The number of nitrogens with zero attached hydrogens (tertiary/aromatic N) is 4. The summed E-state index contributed by atoms with van der Waals surface area (Å²) in [5.41, 5.74) is 0.621. The molecule has 2 heterocycles. The van der Waals surface area contributed by atoms with Crippen molar-refractivity contribution in [1.82, 2.24) is 18.8 Å². The minimum absolute atomic E-state index is 0.0261. The van der Waals surface area contributed by atoms with Gasteiger partial charge in [0.05, 0.1) is 43.9 Å². The topological polar surface area (TPSA) is 160 Å².